The fraction of sp³-hybridized carbons (Fsp3) is 0.429. The molecule has 0 saturated heterocycles. The zero-order valence-corrected chi connectivity index (χ0v) is 41.2. The Balaban J connectivity index is -0.000000825. The first kappa shape index (κ1) is 58.2. The normalized spacial score (nSPS) is 11.0. The number of para-hydroxylation sites is 2. The van der Waals surface area contributed by atoms with E-state index in [2.05, 4.69) is 125 Å². The van der Waals surface area contributed by atoms with Crippen LogP contribution in [-0.2, 0) is 48.2 Å². The maximum absolute atomic E-state index is 12.8. The summed E-state index contributed by atoms with van der Waals surface area (Å²) >= 11 is 0. The van der Waals surface area contributed by atoms with E-state index in [-0.39, 0.29) is 67.6 Å². The first-order chi connectivity index (χ1) is 25.7. The van der Waals surface area contributed by atoms with E-state index in [9.17, 15) is 10.2 Å². The third kappa shape index (κ3) is 22.1. The van der Waals surface area contributed by atoms with Gasteiger partial charge in [-0.2, -0.15) is 10.5 Å². The van der Waals surface area contributed by atoms with E-state index in [1.807, 2.05) is 72.8 Å². The van der Waals surface area contributed by atoms with Gasteiger partial charge >= 0.3 is 21.1 Å². The van der Waals surface area contributed by atoms with Crippen LogP contribution < -0.4 is 10.2 Å². The van der Waals surface area contributed by atoms with E-state index in [1.54, 1.807) is 24.6 Å². The molecule has 0 radical (unpaired) electrons. The average Bonchev–Trinajstić information content (AvgIpc) is 3.07. The molecule has 0 aliphatic carbocycles. The fourth-order valence-corrected chi connectivity index (χ4v) is 4.79. The SMILES string of the molecule is CC#N.CC#N.CC(C)(C)c1cc(C=Nc2ccccc2)c([O-])c(C(C)(C)C)c1.CC(C)(C)c1cc(C=Nc2ccccc2)c([O-])c(C(C)(C)C)c1.C[PH+](C)C.[Mo+4].[O-2]. The molecule has 0 saturated carbocycles. The van der Waals surface area contributed by atoms with Crippen LogP contribution in [0.4, 0.5) is 11.4 Å². The molecule has 0 bridgehead atoms. The molecule has 9 heteroatoms. The summed E-state index contributed by atoms with van der Waals surface area (Å²) in [7, 11) is 0.120. The van der Waals surface area contributed by atoms with Gasteiger partial charge in [0, 0.05) is 46.3 Å². The molecule has 4 rings (SSSR count). The molecule has 4 aromatic rings. The Labute approximate surface area is 367 Å². The average molecular weight is 888 g/mol. The molecule has 7 nitrogen and oxygen atoms in total. The smallest absolute Gasteiger partial charge is 2.00 e. The largest absolute Gasteiger partial charge is 4.00 e. The van der Waals surface area contributed by atoms with Crippen LogP contribution in [-0.4, -0.2) is 32.4 Å². The van der Waals surface area contributed by atoms with Crippen LogP contribution in [0.15, 0.2) is 94.9 Å². The molecule has 0 atom stereocenters. The molecule has 0 aromatic heterocycles. The van der Waals surface area contributed by atoms with Crippen molar-refractivity contribution in [1.29, 1.82) is 10.5 Å². The summed E-state index contributed by atoms with van der Waals surface area (Å²) in [6, 6.07) is 31.0. The van der Waals surface area contributed by atoms with Crippen molar-refractivity contribution in [3.63, 3.8) is 0 Å². The third-order valence-electron chi connectivity index (χ3n) is 7.80. The van der Waals surface area contributed by atoms with Gasteiger partial charge in [0.15, 0.2) is 0 Å². The predicted octanol–water partition coefficient (Wildman–Crippen LogP) is 12.2. The van der Waals surface area contributed by atoms with Crippen molar-refractivity contribution in [2.75, 3.05) is 20.0 Å². The Bertz CT molecular complexity index is 1780. The van der Waals surface area contributed by atoms with Gasteiger partial charge in [-0.3, -0.25) is 9.98 Å². The van der Waals surface area contributed by atoms with Crippen molar-refractivity contribution in [1.82, 2.24) is 0 Å². The van der Waals surface area contributed by atoms with Gasteiger partial charge in [-0.15, -0.1) is 0 Å². The molecule has 312 valence electrons. The van der Waals surface area contributed by atoms with Crippen molar-refractivity contribution in [3.8, 4) is 23.6 Å². The minimum Gasteiger partial charge on any atom is -2.00 e. The standard InChI is InChI=1S/2C21H27NO.C3H9P.2C2H3N.Mo.O/c2*1-20(2,3)16-12-15(14-22-17-10-8-7-9-11-17)19(23)18(13-16)21(4,5)6;1-4(2)3;2*1-2-3;;/h2*7-14,23H,1-6H3;1-3H3;2*1H3;;/q;;;;;+4;-2/p-1. The predicted molar refractivity (Wildman–Crippen MR) is 243 cm³/mol. The first-order valence-corrected chi connectivity index (χ1v) is 22.0. The van der Waals surface area contributed by atoms with E-state index >= 15 is 0 Å². The van der Waals surface area contributed by atoms with Crippen molar-refractivity contribution >= 4 is 31.7 Å². The molecule has 0 fully saturated rings. The number of hydrogen-bond acceptors (Lipinski definition) is 6. The molecule has 0 amide bonds. The van der Waals surface area contributed by atoms with Gasteiger partial charge in [-0.25, -0.2) is 0 Å². The Morgan fingerprint density at radius 2 is 0.759 bits per heavy atom. The maximum Gasteiger partial charge on any atom is 4.00 e. The van der Waals surface area contributed by atoms with Crippen LogP contribution in [0.5, 0.6) is 11.5 Å². The summed E-state index contributed by atoms with van der Waals surface area (Å²) in [6.45, 7) is 35.1. The van der Waals surface area contributed by atoms with Crippen LogP contribution in [0.25, 0.3) is 0 Å². The zero-order valence-electron chi connectivity index (χ0n) is 38.2. The van der Waals surface area contributed by atoms with Gasteiger partial charge in [-0.1, -0.05) is 155 Å². The summed E-state index contributed by atoms with van der Waals surface area (Å²) in [5.74, 6) is 0.148. The number of nitriles is 2. The van der Waals surface area contributed by atoms with Gasteiger partial charge in [-0.05, 0) is 87.2 Å². The van der Waals surface area contributed by atoms with Crippen molar-refractivity contribution in [2.45, 2.75) is 119 Å². The molecular weight excluding hydrogens is 819 g/mol. The Morgan fingerprint density at radius 1 is 0.517 bits per heavy atom. The van der Waals surface area contributed by atoms with Crippen molar-refractivity contribution in [2.24, 2.45) is 9.98 Å². The second kappa shape index (κ2) is 26.8. The van der Waals surface area contributed by atoms with Gasteiger partial charge in [0.2, 0.25) is 0 Å². The van der Waals surface area contributed by atoms with E-state index < -0.39 is 0 Å². The van der Waals surface area contributed by atoms with Crippen LogP contribution in [0, 0.1) is 22.7 Å². The Morgan fingerprint density at radius 3 is 0.966 bits per heavy atom. The zero-order chi connectivity index (χ0) is 43.5. The summed E-state index contributed by atoms with van der Waals surface area (Å²) in [6.07, 6.45) is 3.39. The van der Waals surface area contributed by atoms with E-state index in [0.29, 0.717) is 11.1 Å². The van der Waals surface area contributed by atoms with Crippen LogP contribution in [0.3, 0.4) is 0 Å². The molecule has 0 N–H and O–H groups in total. The summed E-state index contributed by atoms with van der Waals surface area (Å²) in [5.41, 5.74) is 6.65. The molecule has 4 aromatic carbocycles. The number of benzene rings is 4. The van der Waals surface area contributed by atoms with E-state index in [1.165, 1.54) is 13.8 Å². The third-order valence-corrected chi connectivity index (χ3v) is 7.80. The molecule has 0 unspecified atom stereocenters. The summed E-state index contributed by atoms with van der Waals surface area (Å²) in [4.78, 5) is 8.92. The molecular formula is C49H68MoN4O3P+. The number of nitrogens with zero attached hydrogens (tertiary/aromatic N) is 4. The van der Waals surface area contributed by atoms with Crippen LogP contribution in [0.1, 0.15) is 130 Å². The number of hydrogen-bond donors (Lipinski definition) is 0. The van der Waals surface area contributed by atoms with Gasteiger partial charge < -0.3 is 15.7 Å². The maximum atomic E-state index is 12.8. The minimum absolute atomic E-state index is 0. The molecule has 0 aliphatic heterocycles. The molecule has 0 heterocycles. The van der Waals surface area contributed by atoms with Gasteiger partial charge in [0.25, 0.3) is 0 Å². The second-order valence-corrected chi connectivity index (χ2v) is 21.0. The molecule has 0 aliphatic rings. The monoisotopic (exact) mass is 889 g/mol. The first-order valence-electron chi connectivity index (χ1n) is 19.0. The fourth-order valence-electron chi connectivity index (χ4n) is 4.79. The minimum atomic E-state index is -0.187. The number of aliphatic imine (C=N–C) groups is 2. The quantitative estimate of drug-likeness (QED) is 0.114. The number of rotatable bonds is 4. The topological polar surface area (TPSA) is 147 Å². The summed E-state index contributed by atoms with van der Waals surface area (Å²) < 4.78 is 0. The molecule has 58 heavy (non-hydrogen) atoms. The van der Waals surface area contributed by atoms with Crippen molar-refractivity contribution < 1.29 is 36.8 Å². The van der Waals surface area contributed by atoms with Gasteiger partial charge in [0.1, 0.15) is 0 Å². The van der Waals surface area contributed by atoms with Gasteiger partial charge in [0.05, 0.1) is 23.5 Å². The Kier molecular flexibility index (Phi) is 26.9. The Hall–Kier alpha value is -4.12. The van der Waals surface area contributed by atoms with E-state index in [4.69, 9.17) is 10.5 Å². The van der Waals surface area contributed by atoms with Crippen molar-refractivity contribution in [3.05, 3.63) is 118 Å². The van der Waals surface area contributed by atoms with E-state index in [0.717, 1.165) is 33.6 Å². The van der Waals surface area contributed by atoms with Crippen LogP contribution in [0.2, 0.25) is 0 Å². The summed E-state index contributed by atoms with van der Waals surface area (Å²) in [5, 5.41) is 40.3. The second-order valence-electron chi connectivity index (χ2n) is 18.0. The molecule has 0 spiro atoms. The van der Waals surface area contributed by atoms with Crippen LogP contribution >= 0.6 is 7.92 Å².